The molecule has 6 heteroatoms. The number of benzene rings is 2. The van der Waals surface area contributed by atoms with E-state index in [1.54, 1.807) is 7.11 Å². The maximum absolute atomic E-state index is 13.0. The second-order valence-electron chi connectivity index (χ2n) is 8.23. The number of ether oxygens (including phenoxy) is 2. The van der Waals surface area contributed by atoms with Crippen LogP contribution in [0.15, 0.2) is 53.9 Å². The number of piperazine rings is 1. The van der Waals surface area contributed by atoms with Crippen LogP contribution in [0.1, 0.15) is 31.9 Å². The van der Waals surface area contributed by atoms with Gasteiger partial charge in [0.15, 0.2) is 0 Å². The molecule has 1 aliphatic rings. The Morgan fingerprint density at radius 3 is 2.56 bits per heavy atom. The van der Waals surface area contributed by atoms with Crippen LogP contribution in [-0.2, 0) is 13.2 Å². The monoisotopic (exact) mass is 450 g/mol. The Morgan fingerprint density at radius 1 is 1.00 bits per heavy atom. The van der Waals surface area contributed by atoms with Crippen molar-refractivity contribution < 1.29 is 14.3 Å². The maximum atomic E-state index is 13.0. The minimum Gasteiger partial charge on any atom is -0.497 e. The zero-order valence-corrected chi connectivity index (χ0v) is 19.8. The Bertz CT molecular complexity index is 1070. The Labute approximate surface area is 194 Å². The predicted molar refractivity (Wildman–Crippen MR) is 129 cm³/mol. The van der Waals surface area contributed by atoms with Crippen molar-refractivity contribution in [3.05, 3.63) is 81.0 Å². The van der Waals surface area contributed by atoms with Gasteiger partial charge < -0.3 is 14.4 Å². The van der Waals surface area contributed by atoms with Crippen LogP contribution in [0.25, 0.3) is 0 Å². The van der Waals surface area contributed by atoms with Crippen molar-refractivity contribution in [3.63, 3.8) is 0 Å². The van der Waals surface area contributed by atoms with Crippen LogP contribution in [0.4, 0.5) is 0 Å². The summed E-state index contributed by atoms with van der Waals surface area (Å²) in [7, 11) is 1.69. The summed E-state index contributed by atoms with van der Waals surface area (Å²) in [5.74, 6) is 1.90. The van der Waals surface area contributed by atoms with Gasteiger partial charge in [0.1, 0.15) is 18.1 Å². The van der Waals surface area contributed by atoms with E-state index in [0.29, 0.717) is 6.61 Å². The summed E-state index contributed by atoms with van der Waals surface area (Å²) in [6.45, 7) is 8.74. The molecule has 1 saturated heterocycles. The van der Waals surface area contributed by atoms with E-state index in [4.69, 9.17) is 9.47 Å². The molecule has 0 N–H and O–H groups in total. The van der Waals surface area contributed by atoms with Gasteiger partial charge in [-0.3, -0.25) is 9.69 Å². The maximum Gasteiger partial charge on any atom is 0.264 e. The van der Waals surface area contributed by atoms with E-state index in [1.807, 2.05) is 40.6 Å². The van der Waals surface area contributed by atoms with Crippen LogP contribution in [0.2, 0.25) is 0 Å². The van der Waals surface area contributed by atoms with Gasteiger partial charge in [-0.25, -0.2) is 0 Å². The lowest BCUT2D eigenvalue weighted by Gasteiger charge is -2.34. The first-order chi connectivity index (χ1) is 15.5. The molecular formula is C26H30N2O3S. The second-order valence-corrected chi connectivity index (χ2v) is 9.14. The molecule has 168 valence electrons. The van der Waals surface area contributed by atoms with Gasteiger partial charge in [0.2, 0.25) is 0 Å². The van der Waals surface area contributed by atoms with E-state index in [0.717, 1.165) is 60.2 Å². The zero-order chi connectivity index (χ0) is 22.5. The summed E-state index contributed by atoms with van der Waals surface area (Å²) in [5, 5.41) is 2.03. The summed E-state index contributed by atoms with van der Waals surface area (Å²) >= 11 is 1.50. The smallest absolute Gasteiger partial charge is 0.264 e. The van der Waals surface area contributed by atoms with Crippen molar-refractivity contribution in [1.29, 1.82) is 0 Å². The van der Waals surface area contributed by atoms with Crippen molar-refractivity contribution in [1.82, 2.24) is 9.80 Å². The molecule has 1 fully saturated rings. The highest BCUT2D eigenvalue weighted by molar-refractivity contribution is 7.12. The van der Waals surface area contributed by atoms with E-state index in [1.165, 1.54) is 22.5 Å². The number of methoxy groups -OCH3 is 1. The standard InChI is InChI=1S/C26H30N2O3S/c1-19-6-4-9-24(20(19)2)31-17-22-15-25(32-18-22)26(29)28-12-10-27(11-13-28)16-21-7-5-8-23(14-21)30-3/h4-9,14-15,18H,10-13,16-17H2,1-3H3. The molecular weight excluding hydrogens is 420 g/mol. The molecule has 1 aliphatic heterocycles. The number of rotatable bonds is 7. The number of carbonyl (C=O) groups is 1. The van der Waals surface area contributed by atoms with Crippen molar-refractivity contribution >= 4 is 17.2 Å². The van der Waals surface area contributed by atoms with E-state index < -0.39 is 0 Å². The lowest BCUT2D eigenvalue weighted by molar-refractivity contribution is 0.0633. The van der Waals surface area contributed by atoms with Gasteiger partial charge in [0.05, 0.1) is 12.0 Å². The quantitative estimate of drug-likeness (QED) is 0.513. The van der Waals surface area contributed by atoms with E-state index in [2.05, 4.69) is 36.9 Å². The number of nitrogens with zero attached hydrogens (tertiary/aromatic N) is 2. The van der Waals surface area contributed by atoms with Gasteiger partial charge in [-0.1, -0.05) is 24.3 Å². The molecule has 0 radical (unpaired) electrons. The Kier molecular flexibility index (Phi) is 7.12. The molecule has 2 aromatic carbocycles. The molecule has 0 aliphatic carbocycles. The summed E-state index contributed by atoms with van der Waals surface area (Å²) in [4.78, 5) is 18.1. The van der Waals surface area contributed by atoms with Crippen LogP contribution in [0, 0.1) is 13.8 Å². The van der Waals surface area contributed by atoms with Gasteiger partial charge in [-0.2, -0.15) is 0 Å². The number of aryl methyl sites for hydroxylation is 1. The SMILES string of the molecule is COc1cccc(CN2CCN(C(=O)c3cc(COc4cccc(C)c4C)cs3)CC2)c1. The molecule has 2 heterocycles. The third-order valence-corrected chi connectivity index (χ3v) is 6.98. The highest BCUT2D eigenvalue weighted by atomic mass is 32.1. The number of thiophene rings is 1. The first-order valence-electron chi connectivity index (χ1n) is 10.9. The Hall–Kier alpha value is -2.83. The van der Waals surface area contributed by atoms with Crippen LogP contribution in [0.5, 0.6) is 11.5 Å². The average Bonchev–Trinajstić information content (AvgIpc) is 3.29. The number of carbonyl (C=O) groups excluding carboxylic acids is 1. The van der Waals surface area contributed by atoms with Crippen molar-refractivity contribution in [3.8, 4) is 11.5 Å². The molecule has 5 nitrogen and oxygen atoms in total. The molecule has 0 bridgehead atoms. The normalized spacial score (nSPS) is 14.4. The second kappa shape index (κ2) is 10.2. The summed E-state index contributed by atoms with van der Waals surface area (Å²) < 4.78 is 11.3. The minimum atomic E-state index is 0.119. The third-order valence-electron chi connectivity index (χ3n) is 6.01. The van der Waals surface area contributed by atoms with Gasteiger partial charge in [0, 0.05) is 38.3 Å². The summed E-state index contributed by atoms with van der Waals surface area (Å²) in [6.07, 6.45) is 0. The van der Waals surface area contributed by atoms with Crippen molar-refractivity contribution in [2.45, 2.75) is 27.0 Å². The Balaban J connectivity index is 1.29. The van der Waals surface area contributed by atoms with Crippen LogP contribution < -0.4 is 9.47 Å². The van der Waals surface area contributed by atoms with E-state index in [9.17, 15) is 4.79 Å². The molecule has 3 aromatic rings. The van der Waals surface area contributed by atoms with Crippen LogP contribution in [-0.4, -0.2) is 49.0 Å². The molecule has 0 saturated carbocycles. The number of hydrogen-bond acceptors (Lipinski definition) is 5. The highest BCUT2D eigenvalue weighted by Gasteiger charge is 2.23. The fourth-order valence-corrected chi connectivity index (χ4v) is 4.76. The van der Waals surface area contributed by atoms with Gasteiger partial charge >= 0.3 is 0 Å². The zero-order valence-electron chi connectivity index (χ0n) is 19.0. The molecule has 1 amide bonds. The highest BCUT2D eigenvalue weighted by Crippen LogP contribution is 2.24. The minimum absolute atomic E-state index is 0.119. The fraction of sp³-hybridized carbons (Fsp3) is 0.346. The molecule has 32 heavy (non-hydrogen) atoms. The third kappa shape index (κ3) is 5.31. The van der Waals surface area contributed by atoms with Gasteiger partial charge in [-0.15, -0.1) is 11.3 Å². The summed E-state index contributed by atoms with van der Waals surface area (Å²) in [6, 6.07) is 16.2. The molecule has 0 spiro atoms. The first-order valence-corrected chi connectivity index (χ1v) is 11.8. The largest absolute Gasteiger partial charge is 0.497 e. The molecule has 4 rings (SSSR count). The van der Waals surface area contributed by atoms with Gasteiger partial charge in [0.25, 0.3) is 5.91 Å². The number of hydrogen-bond donors (Lipinski definition) is 0. The van der Waals surface area contributed by atoms with Crippen LogP contribution in [0.3, 0.4) is 0 Å². The lowest BCUT2D eigenvalue weighted by atomic mass is 10.1. The fourth-order valence-electron chi connectivity index (χ4n) is 3.90. The van der Waals surface area contributed by atoms with E-state index in [-0.39, 0.29) is 5.91 Å². The molecule has 0 atom stereocenters. The first kappa shape index (κ1) is 22.4. The predicted octanol–water partition coefficient (Wildman–Crippen LogP) is 4.91. The molecule has 1 aromatic heterocycles. The Morgan fingerprint density at radius 2 is 1.78 bits per heavy atom. The topological polar surface area (TPSA) is 42.0 Å². The summed E-state index contributed by atoms with van der Waals surface area (Å²) in [5.41, 5.74) is 4.65. The lowest BCUT2D eigenvalue weighted by Crippen LogP contribution is -2.48. The van der Waals surface area contributed by atoms with Crippen LogP contribution >= 0.6 is 11.3 Å². The van der Waals surface area contributed by atoms with Gasteiger partial charge in [-0.05, 0) is 60.2 Å². The van der Waals surface area contributed by atoms with E-state index >= 15 is 0 Å². The number of amides is 1. The molecule has 0 unspecified atom stereocenters. The average molecular weight is 451 g/mol. The van der Waals surface area contributed by atoms with Crippen molar-refractivity contribution in [2.75, 3.05) is 33.3 Å². The van der Waals surface area contributed by atoms with Crippen molar-refractivity contribution in [2.24, 2.45) is 0 Å².